The van der Waals surface area contributed by atoms with Gasteiger partial charge in [-0.15, -0.1) is 0 Å². The Hall–Kier alpha value is -2.70. The van der Waals surface area contributed by atoms with E-state index in [0.717, 1.165) is 0 Å². The molecule has 0 spiro atoms. The average molecular weight is 265 g/mol. The first kappa shape index (κ1) is 12.7. The quantitative estimate of drug-likeness (QED) is 0.868. The number of benzene rings is 1. The van der Waals surface area contributed by atoms with Crippen LogP contribution >= 0.6 is 0 Å². The number of phenolic OH excluding ortho intramolecular Hbond substituents is 1. The number of aromatic hydroxyl groups is 1. The second-order valence-electron chi connectivity index (χ2n) is 3.61. The van der Waals surface area contributed by atoms with Gasteiger partial charge >= 0.3 is 5.97 Å². The molecule has 0 saturated carbocycles. The molecule has 2 rings (SSSR count). The van der Waals surface area contributed by atoms with Crippen molar-refractivity contribution in [1.29, 1.82) is 0 Å². The Bertz CT molecular complexity index is 619. The molecular formula is C12H11NO6. The highest BCUT2D eigenvalue weighted by Gasteiger charge is 2.19. The molecule has 0 aliphatic heterocycles. The fourth-order valence-electron chi connectivity index (χ4n) is 1.64. The van der Waals surface area contributed by atoms with Gasteiger partial charge < -0.3 is 24.2 Å². The highest BCUT2D eigenvalue weighted by molar-refractivity contribution is 5.87. The SMILES string of the molecule is COc1cc(O)cc(-c2cc(C(=O)O)no2)c1OC. The van der Waals surface area contributed by atoms with Crippen molar-refractivity contribution in [3.05, 3.63) is 23.9 Å². The minimum Gasteiger partial charge on any atom is -0.508 e. The molecule has 0 aliphatic rings. The van der Waals surface area contributed by atoms with Gasteiger partial charge in [0, 0.05) is 12.1 Å². The number of hydrogen-bond acceptors (Lipinski definition) is 6. The number of nitrogens with zero attached hydrogens (tertiary/aromatic N) is 1. The van der Waals surface area contributed by atoms with Crippen LogP contribution in [0.4, 0.5) is 0 Å². The van der Waals surface area contributed by atoms with Gasteiger partial charge in [0.05, 0.1) is 19.8 Å². The molecule has 0 saturated heterocycles. The maximum Gasteiger partial charge on any atom is 0.358 e. The fourth-order valence-corrected chi connectivity index (χ4v) is 1.64. The lowest BCUT2D eigenvalue weighted by Gasteiger charge is -2.11. The largest absolute Gasteiger partial charge is 0.508 e. The number of rotatable bonds is 4. The van der Waals surface area contributed by atoms with E-state index in [4.69, 9.17) is 19.1 Å². The van der Waals surface area contributed by atoms with E-state index in [1.54, 1.807) is 0 Å². The highest BCUT2D eigenvalue weighted by Crippen LogP contribution is 2.41. The van der Waals surface area contributed by atoms with Gasteiger partial charge in [-0.25, -0.2) is 4.79 Å². The Morgan fingerprint density at radius 3 is 2.53 bits per heavy atom. The summed E-state index contributed by atoms with van der Waals surface area (Å²) in [6.45, 7) is 0. The van der Waals surface area contributed by atoms with Gasteiger partial charge in [0.15, 0.2) is 23.0 Å². The number of aromatic carboxylic acids is 1. The van der Waals surface area contributed by atoms with E-state index in [1.165, 1.54) is 32.4 Å². The van der Waals surface area contributed by atoms with Gasteiger partial charge in [-0.1, -0.05) is 5.16 Å². The third-order valence-corrected chi connectivity index (χ3v) is 2.46. The first-order valence-corrected chi connectivity index (χ1v) is 5.22. The summed E-state index contributed by atoms with van der Waals surface area (Å²) < 4.78 is 15.2. The van der Waals surface area contributed by atoms with Gasteiger partial charge in [-0.05, 0) is 6.07 Å². The van der Waals surface area contributed by atoms with Crippen molar-refractivity contribution in [1.82, 2.24) is 5.16 Å². The smallest absolute Gasteiger partial charge is 0.358 e. The molecule has 1 aromatic heterocycles. The van der Waals surface area contributed by atoms with Crippen molar-refractivity contribution >= 4 is 5.97 Å². The third kappa shape index (κ3) is 2.30. The fraction of sp³-hybridized carbons (Fsp3) is 0.167. The monoisotopic (exact) mass is 265 g/mol. The second-order valence-corrected chi connectivity index (χ2v) is 3.61. The zero-order chi connectivity index (χ0) is 14.0. The molecule has 2 N–H and O–H groups in total. The Labute approximate surface area is 108 Å². The van der Waals surface area contributed by atoms with E-state index >= 15 is 0 Å². The van der Waals surface area contributed by atoms with Crippen LogP contribution in [0.15, 0.2) is 22.7 Å². The molecule has 0 amide bonds. The lowest BCUT2D eigenvalue weighted by Crippen LogP contribution is -1.95. The maximum atomic E-state index is 10.8. The summed E-state index contributed by atoms with van der Waals surface area (Å²) in [6.07, 6.45) is 0. The van der Waals surface area contributed by atoms with E-state index < -0.39 is 5.97 Å². The van der Waals surface area contributed by atoms with Crippen LogP contribution < -0.4 is 9.47 Å². The molecule has 0 aliphatic carbocycles. The summed E-state index contributed by atoms with van der Waals surface area (Å²) in [5.74, 6) is -0.510. The number of ether oxygens (including phenoxy) is 2. The number of carbonyl (C=O) groups is 1. The van der Waals surface area contributed by atoms with Crippen LogP contribution in [0.25, 0.3) is 11.3 Å². The van der Waals surface area contributed by atoms with Gasteiger partial charge in [0.2, 0.25) is 0 Å². The van der Waals surface area contributed by atoms with Crippen LogP contribution in [0.5, 0.6) is 17.2 Å². The lowest BCUT2D eigenvalue weighted by atomic mass is 10.1. The van der Waals surface area contributed by atoms with Crippen molar-refractivity contribution in [2.24, 2.45) is 0 Å². The molecule has 19 heavy (non-hydrogen) atoms. The topological polar surface area (TPSA) is 102 Å². The molecule has 0 fully saturated rings. The van der Waals surface area contributed by atoms with Crippen LogP contribution in [-0.4, -0.2) is 35.6 Å². The molecule has 7 nitrogen and oxygen atoms in total. The zero-order valence-corrected chi connectivity index (χ0v) is 10.2. The Morgan fingerprint density at radius 1 is 1.26 bits per heavy atom. The van der Waals surface area contributed by atoms with E-state index in [1.807, 2.05) is 0 Å². The minimum atomic E-state index is -1.21. The number of carboxylic acids is 1. The normalized spacial score (nSPS) is 10.2. The minimum absolute atomic E-state index is 0.0686. The summed E-state index contributed by atoms with van der Waals surface area (Å²) in [6, 6.07) is 3.98. The number of carboxylic acid groups (broad SMARTS) is 1. The summed E-state index contributed by atoms with van der Waals surface area (Å²) in [7, 11) is 2.84. The van der Waals surface area contributed by atoms with Crippen LogP contribution in [0.1, 0.15) is 10.5 Å². The van der Waals surface area contributed by atoms with Crippen molar-refractivity contribution < 1.29 is 29.0 Å². The van der Waals surface area contributed by atoms with Gasteiger partial charge in [0.1, 0.15) is 5.75 Å². The molecule has 0 unspecified atom stereocenters. The first-order valence-electron chi connectivity index (χ1n) is 5.22. The summed E-state index contributed by atoms with van der Waals surface area (Å²) in [4.78, 5) is 10.8. The number of hydrogen-bond donors (Lipinski definition) is 2. The Balaban J connectivity index is 2.59. The van der Waals surface area contributed by atoms with E-state index in [-0.39, 0.29) is 17.2 Å². The van der Waals surface area contributed by atoms with Crippen molar-refractivity contribution in [2.75, 3.05) is 14.2 Å². The molecule has 0 bridgehead atoms. The van der Waals surface area contributed by atoms with Crippen LogP contribution in [0.3, 0.4) is 0 Å². The summed E-state index contributed by atoms with van der Waals surface area (Å²) in [5.41, 5.74) is 0.110. The molecule has 1 heterocycles. The number of methoxy groups -OCH3 is 2. The van der Waals surface area contributed by atoms with Crippen LogP contribution in [0, 0.1) is 0 Å². The molecule has 7 heteroatoms. The molecule has 100 valence electrons. The van der Waals surface area contributed by atoms with E-state index in [0.29, 0.717) is 17.1 Å². The lowest BCUT2D eigenvalue weighted by molar-refractivity contribution is 0.0686. The van der Waals surface area contributed by atoms with Crippen LogP contribution in [0.2, 0.25) is 0 Å². The Kier molecular flexibility index (Phi) is 3.28. The van der Waals surface area contributed by atoms with E-state index in [2.05, 4.69) is 5.16 Å². The van der Waals surface area contributed by atoms with Gasteiger partial charge in [-0.2, -0.15) is 0 Å². The standard InChI is InChI=1S/C12H11NO6/c1-17-10-4-6(14)3-7(11(10)18-2)9-5-8(12(15)16)13-19-9/h3-5,14H,1-2H3,(H,15,16). The number of aromatic nitrogens is 1. The van der Waals surface area contributed by atoms with Gasteiger partial charge in [-0.3, -0.25) is 0 Å². The average Bonchev–Trinajstić information content (AvgIpc) is 2.87. The number of phenols is 1. The molecule has 0 radical (unpaired) electrons. The molecule has 0 atom stereocenters. The summed E-state index contributed by atoms with van der Waals surface area (Å²) >= 11 is 0. The van der Waals surface area contributed by atoms with Crippen molar-refractivity contribution in [2.45, 2.75) is 0 Å². The molecule has 2 aromatic rings. The molecule has 1 aromatic carbocycles. The third-order valence-electron chi connectivity index (χ3n) is 2.46. The van der Waals surface area contributed by atoms with E-state index in [9.17, 15) is 9.90 Å². The summed E-state index contributed by atoms with van der Waals surface area (Å²) in [5, 5.41) is 21.8. The second kappa shape index (κ2) is 4.89. The van der Waals surface area contributed by atoms with Crippen molar-refractivity contribution in [3.8, 4) is 28.6 Å². The highest BCUT2D eigenvalue weighted by atomic mass is 16.5. The first-order chi connectivity index (χ1) is 9.06. The van der Waals surface area contributed by atoms with Crippen molar-refractivity contribution in [3.63, 3.8) is 0 Å². The van der Waals surface area contributed by atoms with Crippen LogP contribution in [-0.2, 0) is 0 Å². The Morgan fingerprint density at radius 2 is 2.00 bits per heavy atom. The predicted octanol–water partition coefficient (Wildman–Crippen LogP) is 1.76. The predicted molar refractivity (Wildman–Crippen MR) is 63.7 cm³/mol. The van der Waals surface area contributed by atoms with Gasteiger partial charge in [0.25, 0.3) is 0 Å². The maximum absolute atomic E-state index is 10.8. The molecular weight excluding hydrogens is 254 g/mol. The zero-order valence-electron chi connectivity index (χ0n) is 10.2.